The molecule has 1 aromatic heterocycles. The number of benzene rings is 1. The molecule has 0 radical (unpaired) electrons. The summed E-state index contributed by atoms with van der Waals surface area (Å²) in [5.74, 6) is -0.497. The molecule has 1 aromatic carbocycles. The predicted octanol–water partition coefficient (Wildman–Crippen LogP) is 2.04. The maximum Gasteiger partial charge on any atom is 0.266 e. The molecule has 3 N–H and O–H groups in total. The molecule has 0 saturated heterocycles. The summed E-state index contributed by atoms with van der Waals surface area (Å²) < 4.78 is 0. The van der Waals surface area contributed by atoms with Crippen molar-refractivity contribution in [1.29, 1.82) is 0 Å². The largest absolute Gasteiger partial charge is 0.397 e. The number of nitrogen functional groups attached to an aromatic ring is 1. The maximum atomic E-state index is 12.1. The van der Waals surface area contributed by atoms with Gasteiger partial charge in [-0.05, 0) is 23.6 Å². The van der Waals surface area contributed by atoms with E-state index in [9.17, 15) is 9.59 Å². The minimum atomic E-state index is -0.249. The number of likely N-dealkylation sites (N-methyl/N-ethyl adjacent to an activating group) is 1. The first-order valence-electron chi connectivity index (χ1n) is 6.01. The van der Waals surface area contributed by atoms with Gasteiger partial charge in [0.1, 0.15) is 4.88 Å². The molecule has 6 heteroatoms. The average Bonchev–Trinajstić information content (AvgIpc) is 2.85. The highest BCUT2D eigenvalue weighted by molar-refractivity contribution is 7.12. The van der Waals surface area contributed by atoms with E-state index < -0.39 is 0 Å². The molecule has 5 nitrogen and oxygen atoms in total. The maximum absolute atomic E-state index is 12.1. The van der Waals surface area contributed by atoms with E-state index in [-0.39, 0.29) is 18.4 Å². The molecule has 0 spiro atoms. The van der Waals surface area contributed by atoms with E-state index in [1.807, 2.05) is 18.2 Å². The van der Waals surface area contributed by atoms with Gasteiger partial charge in [-0.2, -0.15) is 0 Å². The Hall–Kier alpha value is -2.34. The Labute approximate surface area is 121 Å². The molecule has 0 fully saturated rings. The fraction of sp³-hybridized carbons (Fsp3) is 0.143. The van der Waals surface area contributed by atoms with E-state index in [2.05, 4.69) is 5.32 Å². The van der Waals surface area contributed by atoms with Crippen LogP contribution in [0, 0.1) is 0 Å². The van der Waals surface area contributed by atoms with Crippen molar-refractivity contribution in [3.63, 3.8) is 0 Å². The van der Waals surface area contributed by atoms with Crippen LogP contribution in [0.1, 0.15) is 9.67 Å². The number of amides is 2. The zero-order valence-electron chi connectivity index (χ0n) is 11.0. The van der Waals surface area contributed by atoms with Crippen LogP contribution in [-0.2, 0) is 4.79 Å². The van der Waals surface area contributed by atoms with Crippen LogP contribution in [0.15, 0.2) is 41.8 Å². The number of hydrogen-bond donors (Lipinski definition) is 2. The number of anilines is 2. The molecule has 0 saturated carbocycles. The second kappa shape index (κ2) is 6.21. The number of carbonyl (C=O) groups is 2. The first-order valence-corrected chi connectivity index (χ1v) is 6.89. The van der Waals surface area contributed by atoms with Crippen LogP contribution >= 0.6 is 11.3 Å². The lowest BCUT2D eigenvalue weighted by Gasteiger charge is -2.16. The first-order chi connectivity index (χ1) is 9.58. The van der Waals surface area contributed by atoms with Crippen molar-refractivity contribution >= 4 is 34.5 Å². The Bertz CT molecular complexity index is 610. The normalized spacial score (nSPS) is 10.1. The van der Waals surface area contributed by atoms with Crippen molar-refractivity contribution in [2.24, 2.45) is 0 Å². The number of hydrogen-bond acceptors (Lipinski definition) is 4. The van der Waals surface area contributed by atoms with Gasteiger partial charge in [-0.15, -0.1) is 11.3 Å². The summed E-state index contributed by atoms with van der Waals surface area (Å²) in [4.78, 5) is 25.7. The van der Waals surface area contributed by atoms with E-state index >= 15 is 0 Å². The highest BCUT2D eigenvalue weighted by Crippen LogP contribution is 2.20. The lowest BCUT2D eigenvalue weighted by molar-refractivity contribution is -0.116. The molecule has 0 atom stereocenters. The Morgan fingerprint density at radius 2 is 1.95 bits per heavy atom. The van der Waals surface area contributed by atoms with Crippen LogP contribution in [0.2, 0.25) is 0 Å². The standard InChI is InChI=1S/C14H15N3O2S/c1-17(14(19)13-11(15)7-8-20-13)9-12(18)16-10-5-3-2-4-6-10/h2-8H,9,15H2,1H3,(H,16,18). The third-order valence-corrected chi connectivity index (χ3v) is 3.59. The quantitative estimate of drug-likeness (QED) is 0.904. The van der Waals surface area contributed by atoms with Crippen LogP contribution in [0.4, 0.5) is 11.4 Å². The van der Waals surface area contributed by atoms with Crippen LogP contribution < -0.4 is 11.1 Å². The molecule has 0 aliphatic rings. The summed E-state index contributed by atoms with van der Waals surface area (Å²) >= 11 is 1.27. The fourth-order valence-electron chi connectivity index (χ4n) is 1.68. The molecule has 1 heterocycles. The summed E-state index contributed by atoms with van der Waals surface area (Å²) in [6.45, 7) is -0.0228. The second-order valence-electron chi connectivity index (χ2n) is 4.28. The third-order valence-electron chi connectivity index (χ3n) is 2.67. The van der Waals surface area contributed by atoms with E-state index in [4.69, 9.17) is 5.73 Å². The highest BCUT2D eigenvalue weighted by Gasteiger charge is 2.18. The summed E-state index contributed by atoms with van der Waals surface area (Å²) in [5.41, 5.74) is 6.84. The van der Waals surface area contributed by atoms with Crippen LogP contribution in [0.3, 0.4) is 0 Å². The summed E-state index contributed by atoms with van der Waals surface area (Å²) in [6, 6.07) is 10.8. The molecule has 0 unspecified atom stereocenters. The van der Waals surface area contributed by atoms with Crippen molar-refractivity contribution in [3.05, 3.63) is 46.7 Å². The van der Waals surface area contributed by atoms with Gasteiger partial charge in [0.25, 0.3) is 5.91 Å². The van der Waals surface area contributed by atoms with E-state index in [0.717, 1.165) is 0 Å². The summed E-state index contributed by atoms with van der Waals surface area (Å²) in [6.07, 6.45) is 0. The SMILES string of the molecule is CN(CC(=O)Nc1ccccc1)C(=O)c1sccc1N. The van der Waals surface area contributed by atoms with E-state index in [1.165, 1.54) is 16.2 Å². The molecular weight excluding hydrogens is 274 g/mol. The number of thiophene rings is 1. The van der Waals surface area contributed by atoms with E-state index in [1.54, 1.807) is 30.6 Å². The van der Waals surface area contributed by atoms with Crippen molar-refractivity contribution in [2.45, 2.75) is 0 Å². The Kier molecular flexibility index (Phi) is 4.37. The summed E-state index contributed by atoms with van der Waals surface area (Å²) in [7, 11) is 1.58. The highest BCUT2D eigenvalue weighted by atomic mass is 32.1. The molecule has 20 heavy (non-hydrogen) atoms. The lowest BCUT2D eigenvalue weighted by atomic mass is 10.3. The van der Waals surface area contributed by atoms with Crippen LogP contribution in [0.25, 0.3) is 0 Å². The Morgan fingerprint density at radius 3 is 2.55 bits per heavy atom. The molecule has 2 aromatic rings. The predicted molar refractivity (Wildman–Crippen MR) is 80.8 cm³/mol. The van der Waals surface area contributed by atoms with Crippen molar-refractivity contribution < 1.29 is 9.59 Å². The molecule has 2 rings (SSSR count). The smallest absolute Gasteiger partial charge is 0.266 e. The van der Waals surface area contributed by atoms with Crippen molar-refractivity contribution in [1.82, 2.24) is 4.90 Å². The Balaban J connectivity index is 1.94. The topological polar surface area (TPSA) is 75.4 Å². The van der Waals surface area contributed by atoms with E-state index in [0.29, 0.717) is 16.3 Å². The summed E-state index contributed by atoms with van der Waals surface area (Å²) in [5, 5.41) is 4.48. The zero-order chi connectivity index (χ0) is 14.5. The van der Waals surface area contributed by atoms with Gasteiger partial charge in [-0.1, -0.05) is 18.2 Å². The van der Waals surface area contributed by atoms with Gasteiger partial charge in [0.05, 0.1) is 12.2 Å². The third kappa shape index (κ3) is 3.36. The average molecular weight is 289 g/mol. The monoisotopic (exact) mass is 289 g/mol. The first kappa shape index (κ1) is 14.1. The van der Waals surface area contributed by atoms with Gasteiger partial charge in [0, 0.05) is 12.7 Å². The van der Waals surface area contributed by atoms with Crippen LogP contribution in [0.5, 0.6) is 0 Å². The molecule has 0 aliphatic carbocycles. The molecule has 2 amide bonds. The minimum Gasteiger partial charge on any atom is -0.397 e. The number of nitrogens with two attached hydrogens (primary N) is 1. The number of rotatable bonds is 4. The van der Waals surface area contributed by atoms with Gasteiger partial charge in [-0.3, -0.25) is 9.59 Å². The number of para-hydroxylation sites is 1. The zero-order valence-corrected chi connectivity index (χ0v) is 11.8. The minimum absolute atomic E-state index is 0.0228. The van der Waals surface area contributed by atoms with Gasteiger partial charge in [-0.25, -0.2) is 0 Å². The second-order valence-corrected chi connectivity index (χ2v) is 5.20. The Morgan fingerprint density at radius 1 is 1.25 bits per heavy atom. The molecular formula is C14H15N3O2S. The molecule has 104 valence electrons. The molecule has 0 bridgehead atoms. The van der Waals surface area contributed by atoms with Crippen molar-refractivity contribution in [2.75, 3.05) is 24.6 Å². The van der Waals surface area contributed by atoms with Gasteiger partial charge in [0.2, 0.25) is 5.91 Å². The van der Waals surface area contributed by atoms with Crippen molar-refractivity contribution in [3.8, 4) is 0 Å². The number of nitrogens with one attached hydrogen (secondary N) is 1. The van der Waals surface area contributed by atoms with Crippen LogP contribution in [-0.4, -0.2) is 30.3 Å². The van der Waals surface area contributed by atoms with Gasteiger partial charge >= 0.3 is 0 Å². The number of nitrogens with zero attached hydrogens (tertiary/aromatic N) is 1. The fourth-order valence-corrected chi connectivity index (χ4v) is 2.49. The number of carbonyl (C=O) groups excluding carboxylic acids is 2. The lowest BCUT2D eigenvalue weighted by Crippen LogP contribution is -2.34. The molecule has 0 aliphatic heterocycles. The van der Waals surface area contributed by atoms with Gasteiger partial charge < -0.3 is 16.0 Å². The van der Waals surface area contributed by atoms with Gasteiger partial charge in [0.15, 0.2) is 0 Å².